The number of rotatable bonds is 2. The second-order valence-corrected chi connectivity index (χ2v) is 4.13. The van der Waals surface area contributed by atoms with Crippen molar-refractivity contribution >= 4 is 0 Å². The van der Waals surface area contributed by atoms with Crippen LogP contribution in [-0.2, 0) is 0 Å². The third-order valence-corrected chi connectivity index (χ3v) is 2.63. The van der Waals surface area contributed by atoms with Gasteiger partial charge in [-0.2, -0.15) is 0 Å². The standard InChI is InChI=1S/C12H13N3O3/c1-7(13)11-14-15-12(18-11)10-6-16-8-4-2-3-5-9(8)17-10/h2-5,7,10H,6,13H2,1H3. The first kappa shape index (κ1) is 11.0. The van der Waals surface area contributed by atoms with Gasteiger partial charge in [-0.1, -0.05) is 12.1 Å². The molecule has 0 radical (unpaired) electrons. The summed E-state index contributed by atoms with van der Waals surface area (Å²) in [5.41, 5.74) is 5.66. The Morgan fingerprint density at radius 1 is 1.28 bits per heavy atom. The largest absolute Gasteiger partial charge is 0.485 e. The first-order valence-electron chi connectivity index (χ1n) is 5.71. The molecule has 18 heavy (non-hydrogen) atoms. The minimum atomic E-state index is -0.389. The molecule has 1 aromatic carbocycles. The lowest BCUT2D eigenvalue weighted by Crippen LogP contribution is -2.21. The topological polar surface area (TPSA) is 83.4 Å². The van der Waals surface area contributed by atoms with Crippen LogP contribution in [0.5, 0.6) is 11.5 Å². The van der Waals surface area contributed by atoms with Crippen LogP contribution in [0.2, 0.25) is 0 Å². The number of nitrogens with two attached hydrogens (primary N) is 1. The molecule has 94 valence electrons. The molecule has 1 aliphatic heterocycles. The number of nitrogens with zero attached hydrogens (tertiary/aromatic N) is 2. The molecular formula is C12H13N3O3. The van der Waals surface area contributed by atoms with E-state index in [-0.39, 0.29) is 12.1 Å². The first-order valence-corrected chi connectivity index (χ1v) is 5.71. The highest BCUT2D eigenvalue weighted by Gasteiger charge is 2.27. The summed E-state index contributed by atoms with van der Waals surface area (Å²) in [6.07, 6.45) is -0.389. The van der Waals surface area contributed by atoms with Crippen molar-refractivity contribution in [2.24, 2.45) is 5.73 Å². The summed E-state index contributed by atoms with van der Waals surface area (Å²) in [4.78, 5) is 0. The Balaban J connectivity index is 1.83. The van der Waals surface area contributed by atoms with Gasteiger partial charge < -0.3 is 19.6 Å². The van der Waals surface area contributed by atoms with Crippen molar-refractivity contribution in [1.82, 2.24) is 10.2 Å². The monoisotopic (exact) mass is 247 g/mol. The SMILES string of the molecule is CC(N)c1nnc(C2COc3ccccc3O2)o1. The summed E-state index contributed by atoms with van der Waals surface area (Å²) >= 11 is 0. The molecule has 2 heterocycles. The normalized spacial score (nSPS) is 19.6. The number of hydrogen-bond acceptors (Lipinski definition) is 6. The molecule has 2 atom stereocenters. The Hall–Kier alpha value is -2.08. The van der Waals surface area contributed by atoms with Gasteiger partial charge in [-0.15, -0.1) is 10.2 Å². The predicted octanol–water partition coefficient (Wildman–Crippen LogP) is 1.60. The van der Waals surface area contributed by atoms with Crippen molar-refractivity contribution in [2.75, 3.05) is 6.61 Å². The molecule has 0 aliphatic carbocycles. The fourth-order valence-electron chi connectivity index (χ4n) is 1.70. The maximum Gasteiger partial charge on any atom is 0.260 e. The van der Waals surface area contributed by atoms with Gasteiger partial charge in [-0.25, -0.2) is 0 Å². The molecule has 0 bridgehead atoms. The highest BCUT2D eigenvalue weighted by atomic mass is 16.6. The van der Waals surface area contributed by atoms with Crippen LogP contribution in [0, 0.1) is 0 Å². The third-order valence-electron chi connectivity index (χ3n) is 2.63. The summed E-state index contributed by atoms with van der Waals surface area (Å²) in [5, 5.41) is 7.80. The van der Waals surface area contributed by atoms with Gasteiger partial charge in [0.05, 0.1) is 6.04 Å². The van der Waals surface area contributed by atoms with Crippen molar-refractivity contribution in [2.45, 2.75) is 19.1 Å². The zero-order chi connectivity index (χ0) is 12.5. The lowest BCUT2D eigenvalue weighted by Gasteiger charge is -2.23. The van der Waals surface area contributed by atoms with E-state index in [1.807, 2.05) is 24.3 Å². The van der Waals surface area contributed by atoms with E-state index in [1.165, 1.54) is 0 Å². The quantitative estimate of drug-likeness (QED) is 0.867. The predicted molar refractivity (Wildman–Crippen MR) is 62.2 cm³/mol. The molecule has 1 aliphatic rings. The second-order valence-electron chi connectivity index (χ2n) is 4.13. The van der Waals surface area contributed by atoms with Crippen molar-refractivity contribution in [3.63, 3.8) is 0 Å². The number of para-hydroxylation sites is 2. The Kier molecular flexibility index (Phi) is 2.64. The Morgan fingerprint density at radius 2 is 2.06 bits per heavy atom. The van der Waals surface area contributed by atoms with Crippen LogP contribution in [0.25, 0.3) is 0 Å². The first-order chi connectivity index (χ1) is 8.74. The van der Waals surface area contributed by atoms with E-state index in [2.05, 4.69) is 10.2 Å². The lowest BCUT2D eigenvalue weighted by atomic mass is 10.2. The van der Waals surface area contributed by atoms with Gasteiger partial charge >= 0.3 is 0 Å². The van der Waals surface area contributed by atoms with Crippen molar-refractivity contribution in [3.8, 4) is 11.5 Å². The van der Waals surface area contributed by atoms with E-state index < -0.39 is 0 Å². The Bertz CT molecular complexity index is 553. The maximum atomic E-state index is 5.75. The smallest absolute Gasteiger partial charge is 0.260 e. The average molecular weight is 247 g/mol. The van der Waals surface area contributed by atoms with Gasteiger partial charge in [0.25, 0.3) is 5.89 Å². The van der Waals surface area contributed by atoms with Crippen molar-refractivity contribution < 1.29 is 13.9 Å². The van der Waals surface area contributed by atoms with Gasteiger partial charge in [0.1, 0.15) is 6.61 Å². The molecule has 1 aromatic heterocycles. The van der Waals surface area contributed by atoms with Crippen molar-refractivity contribution in [1.29, 1.82) is 0 Å². The summed E-state index contributed by atoms with van der Waals surface area (Å²) in [6.45, 7) is 2.13. The van der Waals surface area contributed by atoms with E-state index >= 15 is 0 Å². The fraction of sp³-hybridized carbons (Fsp3) is 0.333. The van der Waals surface area contributed by atoms with Crippen LogP contribution >= 0.6 is 0 Å². The van der Waals surface area contributed by atoms with Gasteiger partial charge in [0, 0.05) is 0 Å². The van der Waals surface area contributed by atoms with Crippen LogP contribution in [0.4, 0.5) is 0 Å². The summed E-state index contributed by atoms with van der Waals surface area (Å²) < 4.78 is 16.8. The van der Waals surface area contributed by atoms with Crippen LogP contribution in [-0.4, -0.2) is 16.8 Å². The van der Waals surface area contributed by atoms with Crippen LogP contribution in [0.1, 0.15) is 30.9 Å². The van der Waals surface area contributed by atoms with Gasteiger partial charge in [0.2, 0.25) is 12.0 Å². The molecule has 2 unspecified atom stereocenters. The molecule has 0 saturated heterocycles. The van der Waals surface area contributed by atoms with E-state index in [0.29, 0.717) is 24.1 Å². The molecule has 6 heteroatoms. The minimum Gasteiger partial charge on any atom is -0.485 e. The third kappa shape index (κ3) is 1.91. The molecule has 2 N–H and O–H groups in total. The molecule has 2 aromatic rings. The van der Waals surface area contributed by atoms with E-state index in [1.54, 1.807) is 6.92 Å². The molecule has 0 saturated carbocycles. The maximum absolute atomic E-state index is 5.75. The fourth-order valence-corrected chi connectivity index (χ4v) is 1.70. The van der Waals surface area contributed by atoms with E-state index in [0.717, 1.165) is 5.75 Å². The number of benzene rings is 1. The molecule has 0 amide bonds. The summed E-state index contributed by atoms with van der Waals surface area (Å²) in [6, 6.07) is 7.18. The van der Waals surface area contributed by atoms with E-state index in [4.69, 9.17) is 19.6 Å². The summed E-state index contributed by atoms with van der Waals surface area (Å²) in [7, 11) is 0. The van der Waals surface area contributed by atoms with Gasteiger partial charge in [-0.3, -0.25) is 0 Å². The highest BCUT2D eigenvalue weighted by Crippen LogP contribution is 2.35. The number of fused-ring (bicyclic) bond motifs is 1. The number of ether oxygens (including phenoxy) is 2. The zero-order valence-electron chi connectivity index (χ0n) is 9.87. The Morgan fingerprint density at radius 3 is 2.78 bits per heavy atom. The summed E-state index contributed by atoms with van der Waals surface area (Å²) in [5.74, 6) is 2.18. The molecule has 0 spiro atoms. The van der Waals surface area contributed by atoms with E-state index in [9.17, 15) is 0 Å². The molecule has 6 nitrogen and oxygen atoms in total. The molecule has 3 rings (SSSR count). The van der Waals surface area contributed by atoms with Gasteiger partial charge in [-0.05, 0) is 19.1 Å². The molecular weight excluding hydrogens is 234 g/mol. The van der Waals surface area contributed by atoms with Gasteiger partial charge in [0.15, 0.2) is 11.5 Å². The number of hydrogen-bond donors (Lipinski definition) is 1. The van der Waals surface area contributed by atoms with Crippen molar-refractivity contribution in [3.05, 3.63) is 36.0 Å². The average Bonchev–Trinajstić information content (AvgIpc) is 2.88. The zero-order valence-corrected chi connectivity index (χ0v) is 9.87. The second kappa shape index (κ2) is 4.30. The highest BCUT2D eigenvalue weighted by molar-refractivity contribution is 5.40. The van der Waals surface area contributed by atoms with Crippen LogP contribution < -0.4 is 15.2 Å². The Labute approximate surface area is 104 Å². The molecule has 0 fully saturated rings. The van der Waals surface area contributed by atoms with Crippen LogP contribution in [0.3, 0.4) is 0 Å². The number of aromatic nitrogens is 2. The lowest BCUT2D eigenvalue weighted by molar-refractivity contribution is 0.0701. The van der Waals surface area contributed by atoms with Crippen LogP contribution in [0.15, 0.2) is 28.7 Å². The minimum absolute atomic E-state index is 0.289.